The fraction of sp³-hybridized carbons (Fsp3) is 0.636. The van der Waals surface area contributed by atoms with Crippen LogP contribution in [-0.4, -0.2) is 66.1 Å². The molecule has 0 spiro atoms. The molecule has 0 bridgehead atoms. The maximum atomic E-state index is 12.7. The summed E-state index contributed by atoms with van der Waals surface area (Å²) in [7, 11) is 1.87. The molecule has 1 aliphatic heterocycles. The minimum atomic E-state index is -0.792. The van der Waals surface area contributed by atoms with Gasteiger partial charge in [0.1, 0.15) is 0 Å². The van der Waals surface area contributed by atoms with Gasteiger partial charge in [-0.25, -0.2) is 0 Å². The Balaban J connectivity index is 1.88. The number of benzene rings is 1. The molecule has 6 heteroatoms. The Morgan fingerprint density at radius 3 is 2.57 bits per heavy atom. The summed E-state index contributed by atoms with van der Waals surface area (Å²) < 4.78 is 0. The second kappa shape index (κ2) is 11.2. The fourth-order valence-corrected chi connectivity index (χ4v) is 3.96. The standard InChI is InChI=1S/C22H35N3O3/c1-17(2)14-20(18-8-5-4-6-9-18)23-21(26)15-25-12-7-10-19(11-13-25)24(3)16-22(27)28/h4-6,8-9,17,19-20H,7,10-16H2,1-3H3,(H,23,26)(H,27,28). The monoisotopic (exact) mass is 389 g/mol. The van der Waals surface area contributed by atoms with Crippen molar-refractivity contribution in [2.75, 3.05) is 33.2 Å². The summed E-state index contributed by atoms with van der Waals surface area (Å²) in [6.45, 7) is 6.51. The molecule has 0 radical (unpaired) electrons. The zero-order valence-corrected chi connectivity index (χ0v) is 17.4. The van der Waals surface area contributed by atoms with Gasteiger partial charge in [0.05, 0.1) is 19.1 Å². The van der Waals surface area contributed by atoms with E-state index in [1.165, 1.54) is 0 Å². The van der Waals surface area contributed by atoms with Gasteiger partial charge < -0.3 is 10.4 Å². The van der Waals surface area contributed by atoms with Gasteiger partial charge in [-0.05, 0) is 50.8 Å². The average Bonchev–Trinajstić information content (AvgIpc) is 2.86. The Bertz CT molecular complexity index is 621. The van der Waals surface area contributed by atoms with Crippen LogP contribution in [0.25, 0.3) is 0 Å². The van der Waals surface area contributed by atoms with Crippen molar-refractivity contribution >= 4 is 11.9 Å². The van der Waals surface area contributed by atoms with Gasteiger partial charge in [0.15, 0.2) is 0 Å². The van der Waals surface area contributed by atoms with Gasteiger partial charge in [0.25, 0.3) is 0 Å². The molecule has 1 aromatic rings. The van der Waals surface area contributed by atoms with Crippen molar-refractivity contribution in [3.05, 3.63) is 35.9 Å². The van der Waals surface area contributed by atoms with Crippen LogP contribution in [0.4, 0.5) is 0 Å². The minimum absolute atomic E-state index is 0.0372. The maximum absolute atomic E-state index is 12.7. The quantitative estimate of drug-likeness (QED) is 0.679. The van der Waals surface area contributed by atoms with Crippen molar-refractivity contribution in [3.8, 4) is 0 Å². The summed E-state index contributed by atoms with van der Waals surface area (Å²) >= 11 is 0. The maximum Gasteiger partial charge on any atom is 0.317 e. The molecule has 1 amide bonds. The number of carboxylic acids is 1. The topological polar surface area (TPSA) is 72.9 Å². The van der Waals surface area contributed by atoms with Crippen molar-refractivity contribution in [1.29, 1.82) is 0 Å². The van der Waals surface area contributed by atoms with Gasteiger partial charge in [-0.2, -0.15) is 0 Å². The molecule has 1 aromatic carbocycles. The number of carbonyl (C=O) groups is 2. The molecule has 0 aliphatic carbocycles. The van der Waals surface area contributed by atoms with E-state index in [1.54, 1.807) is 0 Å². The van der Waals surface area contributed by atoms with Crippen LogP contribution in [0.2, 0.25) is 0 Å². The van der Waals surface area contributed by atoms with Crippen LogP contribution in [0, 0.1) is 5.92 Å². The number of nitrogens with one attached hydrogen (secondary N) is 1. The van der Waals surface area contributed by atoms with Crippen molar-refractivity contribution in [3.63, 3.8) is 0 Å². The molecular formula is C22H35N3O3. The molecule has 1 fully saturated rings. The highest BCUT2D eigenvalue weighted by molar-refractivity contribution is 5.78. The van der Waals surface area contributed by atoms with E-state index in [0.29, 0.717) is 12.5 Å². The lowest BCUT2D eigenvalue weighted by atomic mass is 9.97. The number of carbonyl (C=O) groups excluding carboxylic acids is 1. The number of hydrogen-bond acceptors (Lipinski definition) is 4. The first-order valence-corrected chi connectivity index (χ1v) is 10.3. The smallest absolute Gasteiger partial charge is 0.317 e. The molecular weight excluding hydrogens is 354 g/mol. The average molecular weight is 390 g/mol. The predicted octanol–water partition coefficient (Wildman–Crippen LogP) is 2.76. The molecule has 28 heavy (non-hydrogen) atoms. The summed E-state index contributed by atoms with van der Waals surface area (Å²) in [5.41, 5.74) is 1.15. The number of amides is 1. The van der Waals surface area contributed by atoms with Gasteiger partial charge in [0.2, 0.25) is 5.91 Å². The normalized spacial score (nSPS) is 19.4. The van der Waals surface area contributed by atoms with Gasteiger partial charge in [-0.3, -0.25) is 19.4 Å². The van der Waals surface area contributed by atoms with Crippen LogP contribution < -0.4 is 5.32 Å². The number of hydrogen-bond donors (Lipinski definition) is 2. The van der Waals surface area contributed by atoms with E-state index in [1.807, 2.05) is 30.1 Å². The summed E-state index contributed by atoms with van der Waals surface area (Å²) in [4.78, 5) is 27.8. The Hall–Kier alpha value is -1.92. The van der Waals surface area contributed by atoms with E-state index in [-0.39, 0.29) is 24.5 Å². The van der Waals surface area contributed by atoms with Gasteiger partial charge in [0, 0.05) is 12.6 Å². The lowest BCUT2D eigenvalue weighted by molar-refractivity contribution is -0.138. The lowest BCUT2D eigenvalue weighted by Gasteiger charge is -2.26. The molecule has 2 atom stereocenters. The Morgan fingerprint density at radius 2 is 1.93 bits per heavy atom. The molecule has 0 saturated carbocycles. The third-order valence-electron chi connectivity index (χ3n) is 5.41. The highest BCUT2D eigenvalue weighted by Crippen LogP contribution is 2.21. The first-order valence-electron chi connectivity index (χ1n) is 10.3. The third kappa shape index (κ3) is 7.60. The largest absolute Gasteiger partial charge is 0.480 e. The molecule has 1 heterocycles. The molecule has 2 N–H and O–H groups in total. The second-order valence-electron chi connectivity index (χ2n) is 8.33. The van der Waals surface area contributed by atoms with E-state index >= 15 is 0 Å². The van der Waals surface area contributed by atoms with Crippen LogP contribution >= 0.6 is 0 Å². The van der Waals surface area contributed by atoms with Crippen molar-refractivity contribution in [2.45, 2.75) is 51.6 Å². The summed E-state index contributed by atoms with van der Waals surface area (Å²) in [5.74, 6) is -0.235. The van der Waals surface area contributed by atoms with Crippen LogP contribution in [-0.2, 0) is 9.59 Å². The number of carboxylic acid groups (broad SMARTS) is 1. The van der Waals surface area contributed by atoms with Gasteiger partial charge in [-0.15, -0.1) is 0 Å². The number of nitrogens with zero attached hydrogens (tertiary/aromatic N) is 2. The van der Waals surface area contributed by atoms with Crippen molar-refractivity contribution in [1.82, 2.24) is 15.1 Å². The van der Waals surface area contributed by atoms with Gasteiger partial charge >= 0.3 is 5.97 Å². The number of aliphatic carboxylic acids is 1. The van der Waals surface area contributed by atoms with Crippen LogP contribution in [0.1, 0.15) is 51.1 Å². The molecule has 2 unspecified atom stereocenters. The second-order valence-corrected chi connectivity index (χ2v) is 8.33. The first-order chi connectivity index (χ1) is 13.3. The van der Waals surface area contributed by atoms with E-state index in [0.717, 1.165) is 44.3 Å². The molecule has 1 aliphatic rings. The SMILES string of the molecule is CC(C)CC(NC(=O)CN1CCCC(N(C)CC(=O)O)CC1)c1ccccc1. The first kappa shape index (κ1) is 22.4. The zero-order chi connectivity index (χ0) is 20.5. The Morgan fingerprint density at radius 1 is 1.21 bits per heavy atom. The van der Waals surface area contributed by atoms with Crippen LogP contribution in [0.15, 0.2) is 30.3 Å². The van der Waals surface area contributed by atoms with E-state index in [9.17, 15) is 9.59 Å². The van der Waals surface area contributed by atoms with E-state index < -0.39 is 5.97 Å². The van der Waals surface area contributed by atoms with Crippen molar-refractivity contribution < 1.29 is 14.7 Å². The highest BCUT2D eigenvalue weighted by Gasteiger charge is 2.23. The molecule has 6 nitrogen and oxygen atoms in total. The summed E-state index contributed by atoms with van der Waals surface area (Å²) in [6.07, 6.45) is 3.76. The summed E-state index contributed by atoms with van der Waals surface area (Å²) in [6, 6.07) is 10.5. The minimum Gasteiger partial charge on any atom is -0.480 e. The molecule has 156 valence electrons. The Labute approximate surface area is 168 Å². The number of likely N-dealkylation sites (N-methyl/N-ethyl adjacent to an activating group) is 1. The molecule has 1 saturated heterocycles. The number of rotatable bonds is 9. The predicted molar refractivity (Wildman–Crippen MR) is 111 cm³/mol. The molecule has 2 rings (SSSR count). The third-order valence-corrected chi connectivity index (χ3v) is 5.41. The van der Waals surface area contributed by atoms with Crippen LogP contribution in [0.3, 0.4) is 0 Å². The van der Waals surface area contributed by atoms with Crippen LogP contribution in [0.5, 0.6) is 0 Å². The van der Waals surface area contributed by atoms with E-state index in [4.69, 9.17) is 5.11 Å². The highest BCUT2D eigenvalue weighted by atomic mass is 16.4. The summed E-state index contributed by atoms with van der Waals surface area (Å²) in [5, 5.41) is 12.2. The van der Waals surface area contributed by atoms with Crippen molar-refractivity contribution in [2.24, 2.45) is 5.92 Å². The Kier molecular flexibility index (Phi) is 8.93. The van der Waals surface area contributed by atoms with Gasteiger partial charge in [-0.1, -0.05) is 44.2 Å². The number of likely N-dealkylation sites (tertiary alicyclic amines) is 1. The van der Waals surface area contributed by atoms with E-state index in [2.05, 4.69) is 36.2 Å². The zero-order valence-electron chi connectivity index (χ0n) is 17.4. The fourth-order valence-electron chi connectivity index (χ4n) is 3.96. The molecule has 0 aromatic heterocycles. The lowest BCUT2D eigenvalue weighted by Crippen LogP contribution is -2.40.